The normalized spacial score (nSPS) is 14.9. The molecule has 0 fully saturated rings. The smallest absolute Gasteiger partial charge is 0.0907 e. The molecule has 0 aliphatic carbocycles. The molecule has 0 aliphatic rings. The molecule has 0 radical (unpaired) electrons. The fraction of sp³-hybridized carbons (Fsp3) is 0.758. The largest absolute Gasteiger partial charge is 0.244 e. The number of aromatic nitrogens is 2. The number of benzene rings is 1. The molecule has 0 spiro atoms. The number of rotatable bonds is 10. The molecule has 0 N–H and O–H groups in total. The predicted octanol–water partition coefficient (Wildman–Crippen LogP) is 9.30. The topological polar surface area (TPSA) is 25.8 Å². The zero-order valence-corrected chi connectivity index (χ0v) is 32.5. The van der Waals surface area contributed by atoms with Gasteiger partial charge >= 0.3 is 0 Å². The Labute approximate surface area is 247 Å². The van der Waals surface area contributed by atoms with Gasteiger partial charge in [0.25, 0.3) is 0 Å². The lowest BCUT2D eigenvalue weighted by Crippen LogP contribution is -2.52. The molecule has 0 saturated carbocycles. The molecule has 0 amide bonds. The Morgan fingerprint density at radius 1 is 0.538 bits per heavy atom. The first-order chi connectivity index (χ1) is 17.8. The van der Waals surface area contributed by atoms with Gasteiger partial charge in [0.2, 0.25) is 0 Å². The molecule has 1 unspecified atom stereocenters. The first-order valence-corrected chi connectivity index (χ1v) is 24.1. The summed E-state index contributed by atoms with van der Waals surface area (Å²) in [7, 11) is -4.37. The SMILES string of the molecule is CC[Si](CC)(CC)c1ccc([Si](CC)(CC)CC)c2nc(P(C(C)(C)C)C(C)(C)C)c(P(C)C(C)(C)C)nc12. The lowest BCUT2D eigenvalue weighted by Gasteiger charge is -2.43. The van der Waals surface area contributed by atoms with Crippen LogP contribution < -0.4 is 21.2 Å². The molecule has 1 aromatic heterocycles. The Hall–Kier alpha value is -0.146. The third kappa shape index (κ3) is 6.76. The van der Waals surface area contributed by atoms with Crippen LogP contribution in [0.3, 0.4) is 0 Å². The molecule has 222 valence electrons. The van der Waals surface area contributed by atoms with Crippen molar-refractivity contribution < 1.29 is 0 Å². The second-order valence-corrected chi connectivity index (χ2v) is 31.9. The van der Waals surface area contributed by atoms with Gasteiger partial charge in [-0.2, -0.15) is 0 Å². The summed E-state index contributed by atoms with van der Waals surface area (Å²) in [4.78, 5) is 11.9. The van der Waals surface area contributed by atoms with Crippen molar-refractivity contribution in [1.29, 1.82) is 0 Å². The molecule has 2 aromatic rings. The van der Waals surface area contributed by atoms with E-state index in [2.05, 4.69) is 123 Å². The monoisotopic (exact) mass is 604 g/mol. The lowest BCUT2D eigenvalue weighted by atomic mass is 10.2. The van der Waals surface area contributed by atoms with Crippen molar-refractivity contribution in [2.24, 2.45) is 0 Å². The first-order valence-electron chi connectivity index (χ1n) is 15.7. The highest BCUT2D eigenvalue weighted by molar-refractivity contribution is 7.73. The summed E-state index contributed by atoms with van der Waals surface area (Å²) < 4.78 is 0. The van der Waals surface area contributed by atoms with Crippen LogP contribution in [-0.4, -0.2) is 48.2 Å². The molecule has 39 heavy (non-hydrogen) atoms. The van der Waals surface area contributed by atoms with E-state index in [0.29, 0.717) is 0 Å². The quantitative estimate of drug-likeness (QED) is 0.199. The van der Waals surface area contributed by atoms with E-state index in [1.165, 1.54) is 58.2 Å². The summed E-state index contributed by atoms with van der Waals surface area (Å²) in [6.45, 7) is 39.0. The van der Waals surface area contributed by atoms with Crippen molar-refractivity contribution in [3.63, 3.8) is 0 Å². The Kier molecular flexibility index (Phi) is 11.3. The molecule has 0 saturated heterocycles. The van der Waals surface area contributed by atoms with E-state index in [0.717, 1.165) is 0 Å². The van der Waals surface area contributed by atoms with Crippen LogP contribution in [0, 0.1) is 0 Å². The second kappa shape index (κ2) is 12.6. The molecule has 2 rings (SSSR count). The highest BCUT2D eigenvalue weighted by atomic mass is 31.1. The summed E-state index contributed by atoms with van der Waals surface area (Å²) in [6.07, 6.45) is 0. The molecule has 0 bridgehead atoms. The first kappa shape index (κ1) is 35.1. The number of nitrogens with zero attached hydrogens (tertiary/aromatic N) is 2. The van der Waals surface area contributed by atoms with Gasteiger partial charge in [-0.05, 0) is 40.4 Å². The van der Waals surface area contributed by atoms with Gasteiger partial charge in [0.1, 0.15) is 0 Å². The van der Waals surface area contributed by atoms with Gasteiger partial charge in [-0.25, -0.2) is 9.97 Å². The Morgan fingerprint density at radius 3 is 1.10 bits per heavy atom. The van der Waals surface area contributed by atoms with E-state index in [4.69, 9.17) is 9.97 Å². The van der Waals surface area contributed by atoms with Crippen LogP contribution in [0.5, 0.6) is 0 Å². The average molecular weight is 605 g/mol. The molecule has 1 heterocycles. The van der Waals surface area contributed by atoms with Gasteiger partial charge in [-0.15, -0.1) is 0 Å². The zero-order valence-electron chi connectivity index (χ0n) is 28.7. The standard InChI is InChI=1S/C33H62N2P2Si2/c1-17-38(18-2,19-3)25-23-24-26(39(20-4,21-5)22-6)28-27(25)34-29(36(16)31(7,8)9)30(35-28)37(32(10,11)12)33(13,14)15/h23-24H,17-22H2,1-16H3. The minimum absolute atomic E-state index is 0.153. The molecule has 1 atom stereocenters. The van der Waals surface area contributed by atoms with Crippen molar-refractivity contribution in [3.05, 3.63) is 12.1 Å². The fourth-order valence-electron chi connectivity index (χ4n) is 6.95. The van der Waals surface area contributed by atoms with Crippen molar-refractivity contribution in [2.75, 3.05) is 6.66 Å². The van der Waals surface area contributed by atoms with Crippen LogP contribution >= 0.6 is 15.8 Å². The third-order valence-corrected chi connectivity index (χ3v) is 27.6. The van der Waals surface area contributed by atoms with Crippen LogP contribution in [0.4, 0.5) is 0 Å². The van der Waals surface area contributed by atoms with E-state index < -0.39 is 32.0 Å². The number of hydrogen-bond acceptors (Lipinski definition) is 2. The Bertz CT molecular complexity index is 1090. The van der Waals surface area contributed by atoms with Gasteiger partial charge in [0, 0.05) is 0 Å². The minimum atomic E-state index is -1.68. The highest BCUT2D eigenvalue weighted by Gasteiger charge is 2.43. The van der Waals surface area contributed by atoms with Crippen LogP contribution in [0.25, 0.3) is 11.0 Å². The maximum Gasteiger partial charge on any atom is 0.0907 e. The Morgan fingerprint density at radius 2 is 0.846 bits per heavy atom. The van der Waals surface area contributed by atoms with Gasteiger partial charge in [-0.3, -0.25) is 0 Å². The fourth-order valence-corrected chi connectivity index (χ4v) is 20.2. The molecule has 2 nitrogen and oxygen atoms in total. The van der Waals surface area contributed by atoms with E-state index in [1.807, 2.05) is 0 Å². The molecular weight excluding hydrogens is 542 g/mol. The van der Waals surface area contributed by atoms with E-state index in [1.54, 1.807) is 10.4 Å². The second-order valence-electron chi connectivity index (χ2n) is 14.8. The van der Waals surface area contributed by atoms with Crippen LogP contribution in [0.1, 0.15) is 104 Å². The van der Waals surface area contributed by atoms with Crippen molar-refractivity contribution in [3.8, 4) is 0 Å². The van der Waals surface area contributed by atoms with Gasteiger partial charge in [0.15, 0.2) is 0 Å². The summed E-state index contributed by atoms with van der Waals surface area (Å²) in [5.41, 5.74) is 5.31. The van der Waals surface area contributed by atoms with Crippen LogP contribution in [-0.2, 0) is 0 Å². The van der Waals surface area contributed by atoms with E-state index in [-0.39, 0.29) is 15.5 Å². The summed E-state index contributed by atoms with van der Waals surface area (Å²) in [6, 6.07) is 12.8. The van der Waals surface area contributed by atoms with Gasteiger partial charge in [0.05, 0.1) is 38.1 Å². The maximum absolute atomic E-state index is 5.97. The predicted molar refractivity (Wildman–Crippen MR) is 191 cm³/mol. The summed E-state index contributed by atoms with van der Waals surface area (Å²) in [5.74, 6) is 0. The Balaban J connectivity index is 3.33. The summed E-state index contributed by atoms with van der Waals surface area (Å²) in [5, 5.41) is 3.67. The number of hydrogen-bond donors (Lipinski definition) is 0. The highest BCUT2D eigenvalue weighted by Crippen LogP contribution is 2.59. The maximum atomic E-state index is 5.97. The van der Waals surface area contributed by atoms with E-state index in [9.17, 15) is 0 Å². The minimum Gasteiger partial charge on any atom is -0.244 e. The van der Waals surface area contributed by atoms with Crippen molar-refractivity contribution >= 4 is 64.3 Å². The molecular formula is C33H62N2P2Si2. The van der Waals surface area contributed by atoms with Crippen LogP contribution in [0.2, 0.25) is 36.3 Å². The van der Waals surface area contributed by atoms with Crippen molar-refractivity contribution in [1.82, 2.24) is 9.97 Å². The van der Waals surface area contributed by atoms with Gasteiger partial charge in [-0.1, -0.05) is 160 Å². The van der Waals surface area contributed by atoms with Crippen molar-refractivity contribution in [2.45, 2.75) is 156 Å². The van der Waals surface area contributed by atoms with Gasteiger partial charge < -0.3 is 0 Å². The number of fused-ring (bicyclic) bond motifs is 1. The molecule has 0 aliphatic heterocycles. The molecule has 6 heteroatoms. The summed E-state index contributed by atoms with van der Waals surface area (Å²) >= 11 is 0. The zero-order chi connectivity index (χ0) is 30.2. The average Bonchev–Trinajstić information content (AvgIpc) is 2.84. The van der Waals surface area contributed by atoms with Crippen LogP contribution in [0.15, 0.2) is 12.1 Å². The third-order valence-electron chi connectivity index (χ3n) is 9.87. The van der Waals surface area contributed by atoms with E-state index >= 15 is 0 Å². The lowest BCUT2D eigenvalue weighted by molar-refractivity contribution is 0.714. The molecule has 1 aromatic carbocycles.